The minimum absolute atomic E-state index is 0.0325. The van der Waals surface area contributed by atoms with Gasteiger partial charge in [-0.15, -0.1) is 0 Å². The van der Waals surface area contributed by atoms with Gasteiger partial charge in [-0.2, -0.15) is 0 Å². The normalized spacial score (nSPS) is 11.9. The van der Waals surface area contributed by atoms with E-state index in [9.17, 15) is 17.8 Å². The van der Waals surface area contributed by atoms with Crippen LogP contribution in [-0.4, -0.2) is 30.5 Å². The first kappa shape index (κ1) is 18.1. The Kier molecular flexibility index (Phi) is 5.66. The second kappa shape index (κ2) is 7.53. The van der Waals surface area contributed by atoms with Crippen LogP contribution in [0.5, 0.6) is 0 Å². The van der Waals surface area contributed by atoms with Gasteiger partial charge in [0.15, 0.2) is 11.6 Å². The molecule has 1 amide bonds. The molecule has 0 spiro atoms. The Labute approximate surface area is 141 Å². The lowest BCUT2D eigenvalue weighted by molar-refractivity contribution is 0.102. The van der Waals surface area contributed by atoms with Crippen LogP contribution >= 0.6 is 0 Å². The summed E-state index contributed by atoms with van der Waals surface area (Å²) in [5.41, 5.74) is 0.949. The highest BCUT2D eigenvalue weighted by Crippen LogP contribution is 2.25. The van der Waals surface area contributed by atoms with E-state index in [0.29, 0.717) is 11.3 Å². The smallest absolute Gasteiger partial charge is 0.255 e. The number of benzene rings is 2. The first-order chi connectivity index (χ1) is 11.3. The molecule has 0 aliphatic heterocycles. The van der Waals surface area contributed by atoms with Gasteiger partial charge < -0.3 is 10.2 Å². The number of carbonyl (C=O) groups excluding carboxylic acids is 1. The topological polar surface area (TPSA) is 49.4 Å². The predicted octanol–water partition coefficient (Wildman–Crippen LogP) is 3.16. The van der Waals surface area contributed by atoms with Crippen LogP contribution < -0.4 is 10.2 Å². The molecule has 4 nitrogen and oxygen atoms in total. The molecule has 0 aliphatic carbocycles. The third kappa shape index (κ3) is 4.38. The van der Waals surface area contributed by atoms with Gasteiger partial charge in [0.2, 0.25) is 0 Å². The van der Waals surface area contributed by atoms with Gasteiger partial charge in [0, 0.05) is 48.2 Å². The van der Waals surface area contributed by atoms with Crippen LogP contribution in [0.1, 0.15) is 15.9 Å². The number of anilines is 2. The first-order valence-electron chi connectivity index (χ1n) is 7.14. The zero-order valence-corrected chi connectivity index (χ0v) is 14.4. The van der Waals surface area contributed by atoms with Crippen LogP contribution in [0, 0.1) is 11.6 Å². The number of nitrogens with zero attached hydrogens (tertiary/aromatic N) is 1. The fourth-order valence-electron chi connectivity index (χ4n) is 2.31. The monoisotopic (exact) mass is 352 g/mol. The minimum atomic E-state index is -1.02. The van der Waals surface area contributed by atoms with Gasteiger partial charge in [-0.3, -0.25) is 9.00 Å². The molecule has 0 aliphatic rings. The Morgan fingerprint density at radius 2 is 1.79 bits per heavy atom. The molecule has 0 fully saturated rings. The number of amides is 1. The number of hydrogen-bond acceptors (Lipinski definition) is 3. The molecule has 128 valence electrons. The number of halogens is 2. The molecule has 0 heterocycles. The summed E-state index contributed by atoms with van der Waals surface area (Å²) in [5.74, 6) is -1.67. The average Bonchev–Trinajstić information content (AvgIpc) is 2.45. The Bertz CT molecular complexity index is 771. The van der Waals surface area contributed by atoms with E-state index in [2.05, 4.69) is 5.32 Å². The third-order valence-corrected chi connectivity index (χ3v) is 4.02. The molecule has 2 rings (SSSR count). The van der Waals surface area contributed by atoms with E-state index in [-0.39, 0.29) is 11.4 Å². The van der Waals surface area contributed by atoms with E-state index in [4.69, 9.17) is 0 Å². The molecule has 2 aromatic carbocycles. The van der Waals surface area contributed by atoms with Gasteiger partial charge in [-0.1, -0.05) is 12.1 Å². The first-order valence-corrected chi connectivity index (χ1v) is 8.87. The summed E-state index contributed by atoms with van der Waals surface area (Å²) in [7, 11) is 2.04. The SMILES string of the molecule is CN(C)c1c(F)cc(NC(=O)c2cccc(CS(C)=O)c2)cc1F. The highest BCUT2D eigenvalue weighted by atomic mass is 32.2. The zero-order chi connectivity index (χ0) is 17.9. The lowest BCUT2D eigenvalue weighted by Gasteiger charge is -2.16. The van der Waals surface area contributed by atoms with Crippen LogP contribution in [0.25, 0.3) is 0 Å². The van der Waals surface area contributed by atoms with E-state index in [1.165, 1.54) is 19.0 Å². The highest BCUT2D eigenvalue weighted by molar-refractivity contribution is 7.83. The molecule has 0 saturated heterocycles. The summed E-state index contributed by atoms with van der Waals surface area (Å²) < 4.78 is 39.2. The second-order valence-corrected chi connectivity index (χ2v) is 6.99. The molecular formula is C17H18F2N2O2S. The Morgan fingerprint density at radius 3 is 2.33 bits per heavy atom. The molecule has 1 N–H and O–H groups in total. The Balaban J connectivity index is 2.22. The highest BCUT2D eigenvalue weighted by Gasteiger charge is 2.15. The van der Waals surface area contributed by atoms with Crippen molar-refractivity contribution in [1.82, 2.24) is 0 Å². The van der Waals surface area contributed by atoms with E-state index in [1.54, 1.807) is 30.5 Å². The molecule has 0 aromatic heterocycles. The number of carbonyl (C=O) groups is 1. The maximum atomic E-state index is 14.0. The lowest BCUT2D eigenvalue weighted by Crippen LogP contribution is -2.15. The van der Waals surface area contributed by atoms with Crippen molar-refractivity contribution >= 4 is 28.1 Å². The van der Waals surface area contributed by atoms with E-state index in [0.717, 1.165) is 17.7 Å². The van der Waals surface area contributed by atoms with Crippen molar-refractivity contribution in [2.45, 2.75) is 5.75 Å². The molecule has 0 saturated carbocycles. The van der Waals surface area contributed by atoms with Crippen molar-refractivity contribution in [1.29, 1.82) is 0 Å². The minimum Gasteiger partial charge on any atom is -0.373 e. The van der Waals surface area contributed by atoms with Gasteiger partial charge in [-0.05, 0) is 29.8 Å². The molecule has 24 heavy (non-hydrogen) atoms. The predicted molar refractivity (Wildman–Crippen MR) is 92.9 cm³/mol. The van der Waals surface area contributed by atoms with E-state index < -0.39 is 28.3 Å². The number of rotatable bonds is 5. The maximum absolute atomic E-state index is 14.0. The Hall–Kier alpha value is -2.28. The summed E-state index contributed by atoms with van der Waals surface area (Å²) >= 11 is 0. The van der Waals surface area contributed by atoms with E-state index in [1.807, 2.05) is 0 Å². The van der Waals surface area contributed by atoms with Gasteiger partial charge in [-0.25, -0.2) is 8.78 Å². The molecule has 0 bridgehead atoms. The van der Waals surface area contributed by atoms with Gasteiger partial charge in [0.1, 0.15) is 5.69 Å². The summed E-state index contributed by atoms with van der Waals surface area (Å²) in [6, 6.07) is 8.77. The molecular weight excluding hydrogens is 334 g/mol. The zero-order valence-electron chi connectivity index (χ0n) is 13.6. The fraction of sp³-hybridized carbons (Fsp3) is 0.235. The second-order valence-electron chi connectivity index (χ2n) is 5.55. The van der Waals surface area contributed by atoms with Gasteiger partial charge >= 0.3 is 0 Å². The van der Waals surface area contributed by atoms with Crippen molar-refractivity contribution in [3.8, 4) is 0 Å². The van der Waals surface area contributed by atoms with Crippen molar-refractivity contribution in [3.05, 3.63) is 59.2 Å². The van der Waals surface area contributed by atoms with Crippen LogP contribution in [0.2, 0.25) is 0 Å². The maximum Gasteiger partial charge on any atom is 0.255 e. The summed E-state index contributed by atoms with van der Waals surface area (Å²) in [4.78, 5) is 13.6. The molecule has 0 radical (unpaired) electrons. The third-order valence-electron chi connectivity index (χ3n) is 3.28. The van der Waals surface area contributed by atoms with Gasteiger partial charge in [0.05, 0.1) is 0 Å². The molecule has 1 atom stereocenters. The molecule has 7 heteroatoms. The average molecular weight is 352 g/mol. The molecule has 1 unspecified atom stereocenters. The number of hydrogen-bond donors (Lipinski definition) is 1. The molecule has 2 aromatic rings. The fourth-order valence-corrected chi connectivity index (χ4v) is 2.95. The van der Waals surface area contributed by atoms with Crippen LogP contribution in [-0.2, 0) is 16.6 Å². The van der Waals surface area contributed by atoms with Gasteiger partial charge in [0.25, 0.3) is 5.91 Å². The van der Waals surface area contributed by atoms with Crippen LogP contribution in [0.4, 0.5) is 20.2 Å². The summed E-state index contributed by atoms with van der Waals surface area (Å²) in [5, 5.41) is 2.47. The van der Waals surface area contributed by atoms with Crippen molar-refractivity contribution in [2.75, 3.05) is 30.6 Å². The Morgan fingerprint density at radius 1 is 1.17 bits per heavy atom. The summed E-state index contributed by atoms with van der Waals surface area (Å²) in [6.07, 6.45) is 1.57. The van der Waals surface area contributed by atoms with Crippen molar-refractivity contribution in [3.63, 3.8) is 0 Å². The quantitative estimate of drug-likeness (QED) is 0.899. The van der Waals surface area contributed by atoms with Crippen molar-refractivity contribution in [2.24, 2.45) is 0 Å². The van der Waals surface area contributed by atoms with Crippen LogP contribution in [0.15, 0.2) is 36.4 Å². The van der Waals surface area contributed by atoms with E-state index >= 15 is 0 Å². The van der Waals surface area contributed by atoms with Crippen LogP contribution in [0.3, 0.4) is 0 Å². The van der Waals surface area contributed by atoms with Crippen molar-refractivity contribution < 1.29 is 17.8 Å². The summed E-state index contributed by atoms with van der Waals surface area (Å²) in [6.45, 7) is 0. The lowest BCUT2D eigenvalue weighted by atomic mass is 10.1. The standard InChI is InChI=1S/C17H18F2N2O2S/c1-21(2)16-14(18)8-13(9-15(16)19)20-17(22)12-6-4-5-11(7-12)10-24(3)23/h4-9H,10H2,1-3H3,(H,20,22). The largest absolute Gasteiger partial charge is 0.373 e. The number of nitrogens with one attached hydrogen (secondary N) is 1.